The van der Waals surface area contributed by atoms with Crippen LogP contribution in [0.3, 0.4) is 0 Å². The van der Waals surface area contributed by atoms with Crippen LogP contribution >= 0.6 is 15.9 Å². The fraction of sp³-hybridized carbons (Fsp3) is 0.562. The lowest BCUT2D eigenvalue weighted by Crippen LogP contribution is -2.36. The molecule has 0 N–H and O–H groups in total. The molecule has 0 atom stereocenters. The summed E-state index contributed by atoms with van der Waals surface area (Å²) in [5, 5.41) is 0. The molecule has 1 aromatic carbocycles. The van der Waals surface area contributed by atoms with E-state index in [-0.39, 0.29) is 5.91 Å². The van der Waals surface area contributed by atoms with E-state index < -0.39 is 0 Å². The van der Waals surface area contributed by atoms with Gasteiger partial charge in [0.1, 0.15) is 0 Å². The number of benzene rings is 1. The van der Waals surface area contributed by atoms with Crippen molar-refractivity contribution in [1.82, 2.24) is 4.90 Å². The summed E-state index contributed by atoms with van der Waals surface area (Å²) in [4.78, 5) is 14.6. The van der Waals surface area contributed by atoms with Crippen LogP contribution in [-0.2, 0) is 0 Å². The molecule has 1 saturated carbocycles. The molecule has 1 aliphatic rings. The summed E-state index contributed by atoms with van der Waals surface area (Å²) in [6.07, 6.45) is 7.41. The summed E-state index contributed by atoms with van der Waals surface area (Å²) in [7, 11) is 1.95. The lowest BCUT2D eigenvalue weighted by atomic mass is 10.1. The van der Waals surface area contributed by atoms with Gasteiger partial charge in [-0.1, -0.05) is 37.3 Å². The van der Waals surface area contributed by atoms with Crippen LogP contribution in [0.15, 0.2) is 22.7 Å². The van der Waals surface area contributed by atoms with Gasteiger partial charge in [-0.2, -0.15) is 0 Å². The maximum atomic E-state index is 12.6. The predicted molar refractivity (Wildman–Crippen MR) is 82.5 cm³/mol. The minimum Gasteiger partial charge on any atom is -0.339 e. The largest absolute Gasteiger partial charge is 0.339 e. The zero-order valence-corrected chi connectivity index (χ0v) is 13.4. The van der Waals surface area contributed by atoms with Gasteiger partial charge in [0.05, 0.1) is 5.56 Å². The van der Waals surface area contributed by atoms with Crippen molar-refractivity contribution in [3.8, 4) is 0 Å². The Bertz CT molecular complexity index is 450. The van der Waals surface area contributed by atoms with Crippen LogP contribution in [-0.4, -0.2) is 23.9 Å². The smallest absolute Gasteiger partial charge is 0.254 e. The quantitative estimate of drug-likeness (QED) is 0.731. The minimum absolute atomic E-state index is 0.141. The molecule has 2 nitrogen and oxygen atoms in total. The Morgan fingerprint density at radius 1 is 1.21 bits per heavy atom. The van der Waals surface area contributed by atoms with Crippen LogP contribution in [0.4, 0.5) is 0 Å². The number of rotatable bonds is 2. The van der Waals surface area contributed by atoms with E-state index in [9.17, 15) is 4.79 Å². The fourth-order valence-electron chi connectivity index (χ4n) is 2.80. The van der Waals surface area contributed by atoms with E-state index in [1.165, 1.54) is 25.7 Å². The van der Waals surface area contributed by atoms with Gasteiger partial charge in [-0.25, -0.2) is 0 Å². The highest BCUT2D eigenvalue weighted by molar-refractivity contribution is 9.10. The molecule has 19 heavy (non-hydrogen) atoms. The predicted octanol–water partition coefficient (Wildman–Crippen LogP) is 4.55. The molecule has 1 fully saturated rings. The van der Waals surface area contributed by atoms with Crippen LogP contribution in [0.5, 0.6) is 0 Å². The molecule has 2 rings (SSSR count). The number of halogens is 1. The molecule has 1 aromatic rings. The highest BCUT2D eigenvalue weighted by Crippen LogP contribution is 2.25. The maximum Gasteiger partial charge on any atom is 0.254 e. The van der Waals surface area contributed by atoms with Crippen LogP contribution in [0, 0.1) is 6.92 Å². The molecular formula is C16H22BrNO. The fourth-order valence-corrected chi connectivity index (χ4v) is 3.22. The van der Waals surface area contributed by atoms with Crippen molar-refractivity contribution in [1.29, 1.82) is 0 Å². The average molecular weight is 324 g/mol. The molecule has 0 aromatic heterocycles. The lowest BCUT2D eigenvalue weighted by molar-refractivity contribution is 0.0716. The molecule has 0 unspecified atom stereocenters. The number of carbonyl (C=O) groups excluding carboxylic acids is 1. The highest BCUT2D eigenvalue weighted by Gasteiger charge is 2.23. The third-order valence-electron chi connectivity index (χ3n) is 4.05. The Labute approximate surface area is 124 Å². The van der Waals surface area contributed by atoms with Gasteiger partial charge in [-0.15, -0.1) is 0 Å². The molecule has 0 heterocycles. The summed E-state index contributed by atoms with van der Waals surface area (Å²) >= 11 is 3.49. The van der Waals surface area contributed by atoms with E-state index >= 15 is 0 Å². The van der Waals surface area contributed by atoms with Crippen molar-refractivity contribution in [3.63, 3.8) is 0 Å². The Hall–Kier alpha value is -0.830. The zero-order valence-electron chi connectivity index (χ0n) is 11.8. The van der Waals surface area contributed by atoms with Crippen LogP contribution in [0.2, 0.25) is 0 Å². The van der Waals surface area contributed by atoms with Gasteiger partial charge in [-0.3, -0.25) is 4.79 Å². The molecule has 1 aliphatic carbocycles. The van der Waals surface area contributed by atoms with Gasteiger partial charge in [0.25, 0.3) is 5.91 Å². The van der Waals surface area contributed by atoms with Gasteiger partial charge in [-0.05, 0) is 47.8 Å². The number of hydrogen-bond donors (Lipinski definition) is 0. The molecule has 0 radical (unpaired) electrons. The third kappa shape index (κ3) is 3.59. The molecular weight excluding hydrogens is 302 g/mol. The molecule has 3 heteroatoms. The van der Waals surface area contributed by atoms with Crippen molar-refractivity contribution >= 4 is 21.8 Å². The van der Waals surface area contributed by atoms with Crippen LogP contribution < -0.4 is 0 Å². The Kier molecular flexibility index (Phi) is 5.03. The molecule has 0 aliphatic heterocycles. The maximum absolute atomic E-state index is 12.6. The minimum atomic E-state index is 0.141. The van der Waals surface area contributed by atoms with Crippen LogP contribution in [0.1, 0.15) is 54.4 Å². The average Bonchev–Trinajstić information content (AvgIpc) is 2.69. The van der Waals surface area contributed by atoms with Crippen molar-refractivity contribution in [2.75, 3.05) is 7.05 Å². The monoisotopic (exact) mass is 323 g/mol. The normalized spacial score (nSPS) is 17.0. The van der Waals surface area contributed by atoms with E-state index in [1.807, 2.05) is 37.1 Å². The molecule has 0 saturated heterocycles. The standard InChI is InChI=1S/C16H22BrNO/c1-12-9-10-15(17)14(11-12)16(19)18(2)13-7-5-3-4-6-8-13/h9-11,13H,3-8H2,1-2H3. The lowest BCUT2D eigenvalue weighted by Gasteiger charge is -2.27. The van der Waals surface area contributed by atoms with E-state index in [4.69, 9.17) is 0 Å². The van der Waals surface area contributed by atoms with Gasteiger partial charge in [0.15, 0.2) is 0 Å². The molecule has 0 spiro atoms. The number of nitrogens with zero attached hydrogens (tertiary/aromatic N) is 1. The van der Waals surface area contributed by atoms with E-state index in [0.717, 1.165) is 28.4 Å². The summed E-state index contributed by atoms with van der Waals surface area (Å²) in [6, 6.07) is 6.36. The van der Waals surface area contributed by atoms with Crippen molar-refractivity contribution < 1.29 is 4.79 Å². The second kappa shape index (κ2) is 6.56. The van der Waals surface area contributed by atoms with Gasteiger partial charge >= 0.3 is 0 Å². The van der Waals surface area contributed by atoms with Gasteiger partial charge < -0.3 is 4.90 Å². The van der Waals surface area contributed by atoms with Gasteiger partial charge in [0, 0.05) is 17.6 Å². The highest BCUT2D eigenvalue weighted by atomic mass is 79.9. The SMILES string of the molecule is Cc1ccc(Br)c(C(=O)N(C)C2CCCCCC2)c1. The van der Waals surface area contributed by atoms with Crippen molar-refractivity contribution in [3.05, 3.63) is 33.8 Å². The number of amides is 1. The second-order valence-corrected chi connectivity index (χ2v) is 6.40. The summed E-state index contributed by atoms with van der Waals surface area (Å²) in [6.45, 7) is 2.02. The summed E-state index contributed by atoms with van der Waals surface area (Å²) in [5.74, 6) is 0.141. The first-order valence-corrected chi connectivity index (χ1v) is 7.92. The molecule has 104 valence electrons. The van der Waals surface area contributed by atoms with Crippen LogP contribution in [0.25, 0.3) is 0 Å². The Morgan fingerprint density at radius 3 is 2.47 bits per heavy atom. The molecule has 1 amide bonds. The summed E-state index contributed by atoms with van der Waals surface area (Å²) < 4.78 is 0.892. The third-order valence-corrected chi connectivity index (χ3v) is 4.74. The number of hydrogen-bond acceptors (Lipinski definition) is 1. The first kappa shape index (κ1) is 14.6. The van der Waals surface area contributed by atoms with Crippen molar-refractivity contribution in [2.24, 2.45) is 0 Å². The summed E-state index contributed by atoms with van der Waals surface area (Å²) in [5.41, 5.74) is 1.91. The van der Waals surface area contributed by atoms with Crippen molar-refractivity contribution in [2.45, 2.75) is 51.5 Å². The first-order chi connectivity index (χ1) is 9.09. The van der Waals surface area contributed by atoms with E-state index in [0.29, 0.717) is 6.04 Å². The first-order valence-electron chi connectivity index (χ1n) is 7.13. The van der Waals surface area contributed by atoms with E-state index in [2.05, 4.69) is 15.9 Å². The Balaban J connectivity index is 2.15. The zero-order chi connectivity index (χ0) is 13.8. The second-order valence-electron chi connectivity index (χ2n) is 5.54. The number of carbonyl (C=O) groups is 1. The van der Waals surface area contributed by atoms with E-state index in [1.54, 1.807) is 0 Å². The van der Waals surface area contributed by atoms with Gasteiger partial charge in [0.2, 0.25) is 0 Å². The molecule has 0 bridgehead atoms. The topological polar surface area (TPSA) is 20.3 Å². The Morgan fingerprint density at radius 2 is 1.84 bits per heavy atom. The number of aryl methyl sites for hydroxylation is 1.